The minimum absolute atomic E-state index is 0.139. The van der Waals surface area contributed by atoms with Crippen LogP contribution in [0.4, 0.5) is 5.69 Å². The molecule has 4 heteroatoms. The van der Waals surface area contributed by atoms with Crippen molar-refractivity contribution in [2.45, 2.75) is 32.6 Å². The molecule has 2 aromatic rings. The molecule has 1 aliphatic carbocycles. The maximum absolute atomic E-state index is 13.2. The van der Waals surface area contributed by atoms with Gasteiger partial charge in [-0.05, 0) is 43.9 Å². The first-order valence-corrected chi connectivity index (χ1v) is 9.60. The number of carbonyl (C=O) groups excluding carboxylic acids is 1. The lowest BCUT2D eigenvalue weighted by Crippen LogP contribution is -2.47. The normalized spacial score (nSPS) is 21.7. The van der Waals surface area contributed by atoms with Crippen LogP contribution in [0.2, 0.25) is 0 Å². The van der Waals surface area contributed by atoms with Gasteiger partial charge in [-0.2, -0.15) is 5.10 Å². The molecule has 0 N–H and O–H groups in total. The number of nitrogens with zero attached hydrogens (tertiary/aromatic N) is 2. The highest BCUT2D eigenvalue weighted by molar-refractivity contribution is 6.06. The topological polar surface area (TPSA) is 41.9 Å². The zero-order valence-corrected chi connectivity index (χ0v) is 15.6. The molecule has 0 radical (unpaired) electrons. The maximum atomic E-state index is 13.2. The second-order valence-corrected chi connectivity index (χ2v) is 7.02. The van der Waals surface area contributed by atoms with E-state index in [0.717, 1.165) is 41.9 Å². The molecule has 2 aromatic carbocycles. The number of carbonyl (C=O) groups is 1. The van der Waals surface area contributed by atoms with Gasteiger partial charge < -0.3 is 4.74 Å². The maximum Gasteiger partial charge on any atom is 0.318 e. The van der Waals surface area contributed by atoms with E-state index in [1.807, 2.05) is 60.5 Å². The molecule has 0 saturated heterocycles. The summed E-state index contributed by atoms with van der Waals surface area (Å²) in [5.41, 5.74) is 3.22. The van der Waals surface area contributed by atoms with Gasteiger partial charge in [0.1, 0.15) is 5.41 Å². The van der Waals surface area contributed by atoms with Gasteiger partial charge in [0.2, 0.25) is 0 Å². The summed E-state index contributed by atoms with van der Waals surface area (Å²) >= 11 is 0. The monoisotopic (exact) mass is 360 g/mol. The summed E-state index contributed by atoms with van der Waals surface area (Å²) in [6.45, 7) is 2.25. The van der Waals surface area contributed by atoms with Gasteiger partial charge in [0.25, 0.3) is 0 Å². The van der Waals surface area contributed by atoms with Crippen molar-refractivity contribution in [1.82, 2.24) is 0 Å². The number of fused-ring (bicyclic) bond motifs is 1. The lowest BCUT2D eigenvalue weighted by molar-refractivity contribution is -0.153. The Kier molecular flexibility index (Phi) is 4.80. The lowest BCUT2D eigenvalue weighted by Gasteiger charge is -2.44. The molecular weight excluding hydrogens is 336 g/mol. The Bertz CT molecular complexity index is 874. The number of anilines is 1. The van der Waals surface area contributed by atoms with Gasteiger partial charge in [0.15, 0.2) is 0 Å². The van der Waals surface area contributed by atoms with Crippen LogP contribution in [-0.2, 0) is 9.53 Å². The fraction of sp³-hybridized carbons (Fsp3) is 0.304. The predicted octanol–water partition coefficient (Wildman–Crippen LogP) is 4.92. The molecule has 4 nitrogen and oxygen atoms in total. The summed E-state index contributed by atoms with van der Waals surface area (Å²) in [5, 5.41) is 6.91. The SMILES string of the molecule is CCOC(=O)C12CCCC=C1N(c1ccccc1)N=C(c1ccccc1)C2. The molecule has 0 fully saturated rings. The van der Waals surface area contributed by atoms with Gasteiger partial charge in [0, 0.05) is 6.42 Å². The van der Waals surface area contributed by atoms with E-state index in [2.05, 4.69) is 18.2 Å². The van der Waals surface area contributed by atoms with Crippen LogP contribution in [-0.4, -0.2) is 18.3 Å². The van der Waals surface area contributed by atoms with E-state index in [0.29, 0.717) is 13.0 Å². The van der Waals surface area contributed by atoms with Gasteiger partial charge in [0.05, 0.1) is 23.7 Å². The third-order valence-electron chi connectivity index (χ3n) is 5.33. The number of hydrazone groups is 1. The molecule has 138 valence electrons. The number of allylic oxidation sites excluding steroid dienone is 1. The molecule has 1 aliphatic heterocycles. The van der Waals surface area contributed by atoms with Crippen LogP contribution in [0, 0.1) is 5.41 Å². The Balaban J connectivity index is 1.88. The van der Waals surface area contributed by atoms with Gasteiger partial charge in [-0.15, -0.1) is 0 Å². The third kappa shape index (κ3) is 3.16. The highest BCUT2D eigenvalue weighted by Gasteiger charge is 2.50. The van der Waals surface area contributed by atoms with Crippen molar-refractivity contribution in [3.63, 3.8) is 0 Å². The first-order chi connectivity index (χ1) is 13.2. The Hall–Kier alpha value is -2.88. The van der Waals surface area contributed by atoms with Crippen molar-refractivity contribution >= 4 is 17.4 Å². The Labute approximate surface area is 160 Å². The minimum Gasteiger partial charge on any atom is -0.465 e. The fourth-order valence-electron chi connectivity index (χ4n) is 4.03. The van der Waals surface area contributed by atoms with Crippen LogP contribution in [0.3, 0.4) is 0 Å². The average Bonchev–Trinajstić information content (AvgIpc) is 2.74. The smallest absolute Gasteiger partial charge is 0.318 e. The molecular formula is C23H24N2O2. The van der Waals surface area contributed by atoms with Crippen molar-refractivity contribution in [3.8, 4) is 0 Å². The van der Waals surface area contributed by atoms with E-state index in [4.69, 9.17) is 9.84 Å². The quantitative estimate of drug-likeness (QED) is 0.727. The summed E-state index contributed by atoms with van der Waals surface area (Å²) in [7, 11) is 0. The second-order valence-electron chi connectivity index (χ2n) is 7.02. The van der Waals surface area contributed by atoms with Gasteiger partial charge in [-0.3, -0.25) is 4.79 Å². The fourth-order valence-corrected chi connectivity index (χ4v) is 4.03. The largest absolute Gasteiger partial charge is 0.465 e. The van der Waals surface area contributed by atoms with Gasteiger partial charge in [-0.1, -0.05) is 54.6 Å². The molecule has 1 atom stereocenters. The Morgan fingerprint density at radius 1 is 1.11 bits per heavy atom. The number of benzene rings is 2. The first kappa shape index (κ1) is 17.5. The van der Waals surface area contributed by atoms with Crippen LogP contribution < -0.4 is 5.01 Å². The van der Waals surface area contributed by atoms with E-state index in [1.165, 1.54) is 0 Å². The predicted molar refractivity (Wildman–Crippen MR) is 108 cm³/mol. The molecule has 1 heterocycles. The number of ether oxygens (including phenoxy) is 1. The minimum atomic E-state index is -0.670. The highest BCUT2D eigenvalue weighted by Crippen LogP contribution is 2.48. The zero-order valence-electron chi connectivity index (χ0n) is 15.6. The molecule has 0 spiro atoms. The van der Waals surface area contributed by atoms with Crippen molar-refractivity contribution in [1.29, 1.82) is 0 Å². The second kappa shape index (κ2) is 7.39. The average molecular weight is 360 g/mol. The number of hydrogen-bond donors (Lipinski definition) is 0. The van der Waals surface area contributed by atoms with E-state index in [-0.39, 0.29) is 5.97 Å². The van der Waals surface area contributed by atoms with Crippen LogP contribution in [0.1, 0.15) is 38.2 Å². The van der Waals surface area contributed by atoms with Crippen molar-refractivity contribution in [3.05, 3.63) is 78.0 Å². The number of hydrogen-bond acceptors (Lipinski definition) is 4. The molecule has 0 amide bonds. The summed E-state index contributed by atoms with van der Waals surface area (Å²) in [4.78, 5) is 13.2. The van der Waals surface area contributed by atoms with Crippen LogP contribution in [0.15, 0.2) is 77.5 Å². The van der Waals surface area contributed by atoms with Crippen molar-refractivity contribution < 1.29 is 9.53 Å². The molecule has 0 saturated carbocycles. The van der Waals surface area contributed by atoms with E-state index < -0.39 is 5.41 Å². The van der Waals surface area contributed by atoms with E-state index in [1.54, 1.807) is 0 Å². The van der Waals surface area contributed by atoms with Crippen LogP contribution >= 0.6 is 0 Å². The number of esters is 1. The number of para-hydroxylation sites is 1. The van der Waals surface area contributed by atoms with Crippen molar-refractivity contribution in [2.24, 2.45) is 10.5 Å². The summed E-state index contributed by atoms with van der Waals surface area (Å²) in [6.07, 6.45) is 5.46. The Morgan fingerprint density at radius 3 is 2.52 bits per heavy atom. The van der Waals surface area contributed by atoms with E-state index in [9.17, 15) is 4.79 Å². The molecule has 27 heavy (non-hydrogen) atoms. The lowest BCUT2D eigenvalue weighted by atomic mass is 9.70. The molecule has 4 rings (SSSR count). The van der Waals surface area contributed by atoms with E-state index >= 15 is 0 Å². The molecule has 2 aliphatic rings. The van der Waals surface area contributed by atoms with Crippen LogP contribution in [0.25, 0.3) is 0 Å². The first-order valence-electron chi connectivity index (χ1n) is 9.60. The van der Waals surface area contributed by atoms with Crippen molar-refractivity contribution in [2.75, 3.05) is 11.6 Å². The highest BCUT2D eigenvalue weighted by atomic mass is 16.5. The third-order valence-corrected chi connectivity index (χ3v) is 5.33. The molecule has 0 aromatic heterocycles. The summed E-state index contributed by atoms with van der Waals surface area (Å²) in [6, 6.07) is 20.2. The zero-order chi connectivity index (χ0) is 18.7. The van der Waals surface area contributed by atoms with Gasteiger partial charge >= 0.3 is 5.97 Å². The van der Waals surface area contributed by atoms with Gasteiger partial charge in [-0.25, -0.2) is 5.01 Å². The standard InChI is InChI=1S/C23H24N2O2/c1-2-27-22(26)23-16-10-9-15-21(23)25(19-13-7-4-8-14-19)24-20(17-23)18-11-5-3-6-12-18/h3-8,11-15H,2,9-10,16-17H2,1H3. The number of rotatable bonds is 4. The Morgan fingerprint density at radius 2 is 1.81 bits per heavy atom. The molecule has 1 unspecified atom stereocenters. The summed E-state index contributed by atoms with van der Waals surface area (Å²) < 4.78 is 5.55. The molecule has 0 bridgehead atoms. The van der Waals surface area contributed by atoms with Crippen LogP contribution in [0.5, 0.6) is 0 Å². The summed E-state index contributed by atoms with van der Waals surface area (Å²) in [5.74, 6) is -0.139.